The lowest BCUT2D eigenvalue weighted by Crippen LogP contribution is -2.20. The first-order valence-electron chi connectivity index (χ1n) is 6.69. The summed E-state index contributed by atoms with van der Waals surface area (Å²) in [5.74, 6) is 1.46. The highest BCUT2D eigenvalue weighted by atomic mass is 16.5. The molecule has 1 aromatic carbocycles. The van der Waals surface area contributed by atoms with Gasteiger partial charge in [-0.05, 0) is 43.7 Å². The summed E-state index contributed by atoms with van der Waals surface area (Å²) >= 11 is 0. The van der Waals surface area contributed by atoms with Crippen LogP contribution in [-0.2, 0) is 0 Å². The van der Waals surface area contributed by atoms with Gasteiger partial charge in [-0.3, -0.25) is 0 Å². The lowest BCUT2D eigenvalue weighted by atomic mass is 10.1. The molecule has 2 aromatic rings. The summed E-state index contributed by atoms with van der Waals surface area (Å²) in [7, 11) is 0. The van der Waals surface area contributed by atoms with Crippen molar-refractivity contribution < 1.29 is 9.63 Å². The van der Waals surface area contributed by atoms with E-state index in [1.807, 2.05) is 0 Å². The average molecular weight is 259 g/mol. The first-order chi connectivity index (χ1) is 9.33. The fourth-order valence-electron chi connectivity index (χ4n) is 2.34. The Morgan fingerprint density at radius 2 is 2.00 bits per heavy atom. The molecule has 0 bridgehead atoms. The van der Waals surface area contributed by atoms with Crippen LogP contribution in [0.2, 0.25) is 0 Å². The van der Waals surface area contributed by atoms with Gasteiger partial charge in [0.15, 0.2) is 0 Å². The summed E-state index contributed by atoms with van der Waals surface area (Å²) in [6.45, 7) is 1.00. The topological polar surface area (TPSA) is 71.2 Å². The molecule has 1 atom stereocenters. The van der Waals surface area contributed by atoms with Crippen molar-refractivity contribution in [1.29, 1.82) is 0 Å². The molecule has 0 spiro atoms. The molecule has 1 fully saturated rings. The van der Waals surface area contributed by atoms with Crippen LogP contribution < -0.4 is 5.32 Å². The van der Waals surface area contributed by atoms with Crippen molar-refractivity contribution in [3.63, 3.8) is 0 Å². The minimum absolute atomic E-state index is 0.167. The molecule has 1 aliphatic rings. The zero-order valence-electron chi connectivity index (χ0n) is 10.7. The predicted octanol–water partition coefficient (Wildman–Crippen LogP) is 2.65. The third-order valence-corrected chi connectivity index (χ3v) is 3.43. The average Bonchev–Trinajstić information content (AvgIpc) is 2.76. The van der Waals surface area contributed by atoms with Crippen molar-refractivity contribution in [2.45, 2.75) is 31.7 Å². The van der Waals surface area contributed by atoms with E-state index in [4.69, 9.17) is 4.52 Å². The molecule has 100 valence electrons. The number of nitrogens with one attached hydrogen (secondary N) is 1. The molecule has 0 amide bonds. The Morgan fingerprint density at radius 3 is 2.84 bits per heavy atom. The molecular formula is C14H17N3O2. The van der Waals surface area contributed by atoms with Crippen molar-refractivity contribution in [2.75, 3.05) is 6.54 Å². The number of phenolic OH excluding ortho intramolecular Hbond substituents is 1. The smallest absolute Gasteiger partial charge is 0.244 e. The monoisotopic (exact) mass is 259 g/mol. The van der Waals surface area contributed by atoms with Crippen molar-refractivity contribution in [3.8, 4) is 17.1 Å². The Hall–Kier alpha value is -1.88. The van der Waals surface area contributed by atoms with Gasteiger partial charge in [0.2, 0.25) is 11.7 Å². The third kappa shape index (κ3) is 2.76. The highest BCUT2D eigenvalue weighted by Gasteiger charge is 2.20. The van der Waals surface area contributed by atoms with E-state index in [1.165, 1.54) is 19.3 Å². The summed E-state index contributed by atoms with van der Waals surface area (Å²) in [6, 6.07) is 6.97. The number of nitrogens with zero attached hydrogens (tertiary/aromatic N) is 2. The number of phenols is 1. The second kappa shape index (κ2) is 5.40. The Kier molecular flexibility index (Phi) is 3.46. The largest absolute Gasteiger partial charge is 0.508 e. The van der Waals surface area contributed by atoms with E-state index in [9.17, 15) is 5.11 Å². The maximum absolute atomic E-state index is 9.27. The molecule has 2 N–H and O–H groups in total. The molecule has 2 heterocycles. The normalized spacial score (nSPS) is 20.1. The van der Waals surface area contributed by atoms with Crippen LogP contribution >= 0.6 is 0 Å². The number of benzene rings is 1. The van der Waals surface area contributed by atoms with Crippen molar-refractivity contribution >= 4 is 0 Å². The van der Waals surface area contributed by atoms with Crippen molar-refractivity contribution in [2.24, 2.45) is 0 Å². The molecule has 0 radical (unpaired) electrons. The van der Waals surface area contributed by atoms with E-state index >= 15 is 0 Å². The van der Waals surface area contributed by atoms with Crippen LogP contribution in [0.4, 0.5) is 0 Å². The predicted molar refractivity (Wildman–Crippen MR) is 70.6 cm³/mol. The van der Waals surface area contributed by atoms with E-state index in [0.717, 1.165) is 18.5 Å². The molecule has 1 unspecified atom stereocenters. The van der Waals surface area contributed by atoms with Gasteiger partial charge in [0, 0.05) is 5.56 Å². The van der Waals surface area contributed by atoms with E-state index in [-0.39, 0.29) is 11.8 Å². The van der Waals surface area contributed by atoms with Crippen LogP contribution in [0.3, 0.4) is 0 Å². The summed E-state index contributed by atoms with van der Waals surface area (Å²) in [5.41, 5.74) is 0.849. The van der Waals surface area contributed by atoms with Crippen LogP contribution in [0.5, 0.6) is 5.75 Å². The lowest BCUT2D eigenvalue weighted by Gasteiger charge is -2.09. The maximum Gasteiger partial charge on any atom is 0.244 e. The number of rotatable bonds is 2. The van der Waals surface area contributed by atoms with Gasteiger partial charge in [-0.2, -0.15) is 4.98 Å². The Morgan fingerprint density at radius 1 is 1.16 bits per heavy atom. The Bertz CT molecular complexity index is 528. The molecule has 3 rings (SSSR count). The standard InChI is InChI=1S/C14H17N3O2/c18-11-7-5-10(6-8-11)13-16-14(19-17-13)12-4-2-1-3-9-15-12/h5-8,12,15,18H,1-4,9H2. The zero-order chi connectivity index (χ0) is 13.1. The molecule has 5 nitrogen and oxygen atoms in total. The van der Waals surface area contributed by atoms with Gasteiger partial charge < -0.3 is 14.9 Å². The Labute approximate surface area is 111 Å². The molecule has 5 heteroatoms. The number of hydrogen-bond donors (Lipinski definition) is 2. The molecular weight excluding hydrogens is 242 g/mol. The van der Waals surface area contributed by atoms with Crippen LogP contribution in [0.1, 0.15) is 37.6 Å². The molecule has 1 saturated heterocycles. The second-order valence-electron chi connectivity index (χ2n) is 4.86. The molecule has 19 heavy (non-hydrogen) atoms. The minimum atomic E-state index is 0.167. The van der Waals surface area contributed by atoms with Crippen LogP contribution in [0.25, 0.3) is 11.4 Å². The minimum Gasteiger partial charge on any atom is -0.508 e. The zero-order valence-corrected chi connectivity index (χ0v) is 10.7. The number of aromatic hydroxyl groups is 1. The van der Waals surface area contributed by atoms with Crippen LogP contribution in [0, 0.1) is 0 Å². The maximum atomic E-state index is 9.27. The lowest BCUT2D eigenvalue weighted by molar-refractivity contribution is 0.327. The van der Waals surface area contributed by atoms with Gasteiger partial charge in [0.05, 0.1) is 6.04 Å². The first-order valence-corrected chi connectivity index (χ1v) is 6.69. The fourth-order valence-corrected chi connectivity index (χ4v) is 2.34. The van der Waals surface area contributed by atoms with Gasteiger partial charge in [0.25, 0.3) is 0 Å². The second-order valence-corrected chi connectivity index (χ2v) is 4.86. The summed E-state index contributed by atoms with van der Waals surface area (Å²) < 4.78 is 5.36. The SMILES string of the molecule is Oc1ccc(-c2noc(C3CCCCCN3)n2)cc1. The molecule has 1 aromatic heterocycles. The molecule has 0 aliphatic carbocycles. The van der Waals surface area contributed by atoms with Crippen LogP contribution in [-0.4, -0.2) is 21.8 Å². The van der Waals surface area contributed by atoms with Gasteiger partial charge in [-0.25, -0.2) is 0 Å². The Balaban J connectivity index is 1.80. The van der Waals surface area contributed by atoms with E-state index in [0.29, 0.717) is 11.7 Å². The van der Waals surface area contributed by atoms with E-state index < -0.39 is 0 Å². The number of hydrogen-bond acceptors (Lipinski definition) is 5. The quantitative estimate of drug-likeness (QED) is 0.867. The molecule has 1 aliphatic heterocycles. The highest BCUT2D eigenvalue weighted by molar-refractivity contribution is 5.55. The van der Waals surface area contributed by atoms with E-state index in [2.05, 4.69) is 15.5 Å². The van der Waals surface area contributed by atoms with Crippen molar-refractivity contribution in [1.82, 2.24) is 15.5 Å². The van der Waals surface area contributed by atoms with Crippen LogP contribution in [0.15, 0.2) is 28.8 Å². The summed E-state index contributed by atoms with van der Waals surface area (Å²) in [4.78, 5) is 4.45. The van der Waals surface area contributed by atoms with Gasteiger partial charge in [-0.1, -0.05) is 18.0 Å². The van der Waals surface area contributed by atoms with Gasteiger partial charge in [0.1, 0.15) is 5.75 Å². The first kappa shape index (κ1) is 12.2. The highest BCUT2D eigenvalue weighted by Crippen LogP contribution is 2.24. The summed E-state index contributed by atoms with van der Waals surface area (Å²) in [5, 5.41) is 16.7. The number of aromatic nitrogens is 2. The van der Waals surface area contributed by atoms with E-state index in [1.54, 1.807) is 24.3 Å². The molecule has 0 saturated carbocycles. The van der Waals surface area contributed by atoms with Gasteiger partial charge >= 0.3 is 0 Å². The third-order valence-electron chi connectivity index (χ3n) is 3.43. The van der Waals surface area contributed by atoms with Gasteiger partial charge in [-0.15, -0.1) is 0 Å². The van der Waals surface area contributed by atoms with Crippen molar-refractivity contribution in [3.05, 3.63) is 30.2 Å². The summed E-state index contributed by atoms with van der Waals surface area (Å²) in [6.07, 6.45) is 4.68. The fraction of sp³-hybridized carbons (Fsp3) is 0.429.